The summed E-state index contributed by atoms with van der Waals surface area (Å²) in [7, 11) is 0. The van der Waals surface area contributed by atoms with Crippen LogP contribution in [0, 0.1) is 26.7 Å². The van der Waals surface area contributed by atoms with Crippen LogP contribution in [-0.2, 0) is 17.8 Å². The van der Waals surface area contributed by atoms with E-state index in [2.05, 4.69) is 67.1 Å². The highest BCUT2D eigenvalue weighted by Gasteiger charge is 2.20. The van der Waals surface area contributed by atoms with Gasteiger partial charge in [-0.15, -0.1) is 0 Å². The molecule has 4 heteroatoms. The monoisotopic (exact) mass is 445 g/mol. The highest BCUT2D eigenvalue weighted by Crippen LogP contribution is 2.24. The van der Waals surface area contributed by atoms with Crippen LogP contribution in [0.4, 0.5) is 0 Å². The van der Waals surface area contributed by atoms with E-state index in [1.807, 2.05) is 0 Å². The van der Waals surface area contributed by atoms with Gasteiger partial charge in [-0.3, -0.25) is 4.79 Å². The molecule has 1 amide bonds. The van der Waals surface area contributed by atoms with Gasteiger partial charge in [0.2, 0.25) is 5.91 Å². The molecule has 4 rings (SSSR count). The fourth-order valence-corrected chi connectivity index (χ4v) is 5.42. The molecule has 1 saturated carbocycles. The molecule has 1 fully saturated rings. The summed E-state index contributed by atoms with van der Waals surface area (Å²) in [4.78, 5) is 17.3. The van der Waals surface area contributed by atoms with Gasteiger partial charge in [-0.25, -0.2) is 4.98 Å². The maximum Gasteiger partial charge on any atom is 0.223 e. The summed E-state index contributed by atoms with van der Waals surface area (Å²) in [6.07, 6.45) is 10.1. The lowest BCUT2D eigenvalue weighted by Gasteiger charge is -2.20. The fraction of sp³-hybridized carbons (Fsp3) is 0.517. The molecule has 3 aromatic rings. The van der Waals surface area contributed by atoms with Crippen molar-refractivity contribution in [2.75, 3.05) is 6.54 Å². The Bertz CT molecular complexity index is 1070. The van der Waals surface area contributed by atoms with Gasteiger partial charge in [0, 0.05) is 25.4 Å². The van der Waals surface area contributed by atoms with E-state index in [1.165, 1.54) is 52.9 Å². The summed E-state index contributed by atoms with van der Waals surface area (Å²) in [6, 6.07) is 13.0. The van der Waals surface area contributed by atoms with E-state index in [4.69, 9.17) is 4.98 Å². The third kappa shape index (κ3) is 5.85. The topological polar surface area (TPSA) is 46.9 Å². The molecule has 1 aliphatic carbocycles. The number of carbonyl (C=O) groups excluding carboxylic acids is 1. The average molecular weight is 446 g/mol. The van der Waals surface area contributed by atoms with Crippen molar-refractivity contribution >= 4 is 16.9 Å². The molecule has 176 valence electrons. The lowest BCUT2D eigenvalue weighted by molar-refractivity contribution is -0.125. The zero-order chi connectivity index (χ0) is 23.2. The van der Waals surface area contributed by atoms with E-state index < -0.39 is 0 Å². The number of unbranched alkanes of at least 4 members (excludes halogenated alkanes) is 2. The third-order valence-corrected chi connectivity index (χ3v) is 7.24. The summed E-state index contributed by atoms with van der Waals surface area (Å²) >= 11 is 0. The van der Waals surface area contributed by atoms with E-state index in [-0.39, 0.29) is 11.8 Å². The Morgan fingerprint density at radius 1 is 1.00 bits per heavy atom. The standard InChI is InChI=1S/C29H39N3O/c1-21-18-22(2)25(23(3)19-21)20-32-27-15-10-9-14-26(27)31-28(32)16-8-5-11-17-30-29(33)24-12-6-4-7-13-24/h9-10,14-15,18-19,24H,4-8,11-13,16-17,20H2,1-3H3,(H,30,33). The van der Waals surface area contributed by atoms with Crippen LogP contribution in [0.15, 0.2) is 36.4 Å². The highest BCUT2D eigenvalue weighted by atomic mass is 16.1. The van der Waals surface area contributed by atoms with E-state index in [1.54, 1.807) is 0 Å². The highest BCUT2D eigenvalue weighted by molar-refractivity contribution is 5.78. The number of imidazole rings is 1. The lowest BCUT2D eigenvalue weighted by atomic mass is 9.89. The number of hydrogen-bond acceptors (Lipinski definition) is 2. The van der Waals surface area contributed by atoms with Gasteiger partial charge in [-0.05, 0) is 75.3 Å². The summed E-state index contributed by atoms with van der Waals surface area (Å²) in [5.74, 6) is 1.70. The van der Waals surface area contributed by atoms with E-state index in [9.17, 15) is 4.79 Å². The minimum Gasteiger partial charge on any atom is -0.356 e. The molecular weight excluding hydrogens is 406 g/mol. The Labute approximate surface area is 198 Å². The Morgan fingerprint density at radius 2 is 1.73 bits per heavy atom. The SMILES string of the molecule is Cc1cc(C)c(Cn2c(CCCCCNC(=O)C3CCCCC3)nc3ccccc32)c(C)c1. The predicted octanol–water partition coefficient (Wildman–Crippen LogP) is 6.42. The minimum absolute atomic E-state index is 0.257. The molecular formula is C29H39N3O. The maximum atomic E-state index is 12.3. The van der Waals surface area contributed by atoms with Crippen molar-refractivity contribution in [3.63, 3.8) is 0 Å². The molecule has 0 unspecified atom stereocenters. The molecule has 0 aliphatic heterocycles. The van der Waals surface area contributed by atoms with Crippen LogP contribution in [0.5, 0.6) is 0 Å². The van der Waals surface area contributed by atoms with E-state index >= 15 is 0 Å². The fourth-order valence-electron chi connectivity index (χ4n) is 5.42. The molecule has 1 heterocycles. The molecule has 0 saturated heterocycles. The van der Waals surface area contributed by atoms with Crippen molar-refractivity contribution in [2.45, 2.75) is 85.1 Å². The number of amides is 1. The number of aromatic nitrogens is 2. The van der Waals surface area contributed by atoms with Crippen molar-refractivity contribution in [2.24, 2.45) is 5.92 Å². The van der Waals surface area contributed by atoms with E-state index in [0.717, 1.165) is 57.1 Å². The van der Waals surface area contributed by atoms with E-state index in [0.29, 0.717) is 0 Å². The average Bonchev–Trinajstić information content (AvgIpc) is 3.16. The number of fused-ring (bicyclic) bond motifs is 1. The molecule has 0 atom stereocenters. The van der Waals surface area contributed by atoms with Crippen LogP contribution in [0.2, 0.25) is 0 Å². The Kier molecular flexibility index (Phi) is 7.85. The first-order valence-electron chi connectivity index (χ1n) is 12.8. The molecule has 0 radical (unpaired) electrons. The smallest absolute Gasteiger partial charge is 0.223 e. The first-order valence-corrected chi connectivity index (χ1v) is 12.8. The quantitative estimate of drug-likeness (QED) is 0.386. The molecule has 1 aliphatic rings. The molecule has 0 spiro atoms. The van der Waals surface area contributed by atoms with Gasteiger partial charge < -0.3 is 9.88 Å². The van der Waals surface area contributed by atoms with Gasteiger partial charge in [-0.1, -0.05) is 55.5 Å². The lowest BCUT2D eigenvalue weighted by Crippen LogP contribution is -2.32. The second-order valence-electron chi connectivity index (χ2n) is 9.92. The number of benzene rings is 2. The maximum absolute atomic E-state index is 12.3. The second-order valence-corrected chi connectivity index (χ2v) is 9.92. The van der Waals surface area contributed by atoms with Crippen molar-refractivity contribution < 1.29 is 4.79 Å². The molecule has 2 aromatic carbocycles. The van der Waals surface area contributed by atoms with Gasteiger partial charge in [0.1, 0.15) is 5.82 Å². The zero-order valence-corrected chi connectivity index (χ0v) is 20.6. The molecule has 1 aromatic heterocycles. The van der Waals surface area contributed by atoms with Gasteiger partial charge in [0.25, 0.3) is 0 Å². The Morgan fingerprint density at radius 3 is 2.48 bits per heavy atom. The van der Waals surface area contributed by atoms with Crippen LogP contribution in [0.1, 0.15) is 79.4 Å². The minimum atomic E-state index is 0.257. The van der Waals surface area contributed by atoms with Crippen molar-refractivity contribution in [1.82, 2.24) is 14.9 Å². The normalized spacial score (nSPS) is 14.6. The van der Waals surface area contributed by atoms with Gasteiger partial charge in [0.05, 0.1) is 11.0 Å². The van der Waals surface area contributed by atoms with Gasteiger partial charge in [0.15, 0.2) is 0 Å². The number of hydrogen-bond donors (Lipinski definition) is 1. The number of carbonyl (C=O) groups is 1. The zero-order valence-electron chi connectivity index (χ0n) is 20.6. The van der Waals surface area contributed by atoms with Crippen LogP contribution in [0.25, 0.3) is 11.0 Å². The van der Waals surface area contributed by atoms with Crippen LogP contribution in [-0.4, -0.2) is 22.0 Å². The number of para-hydroxylation sites is 2. The number of rotatable bonds is 9. The number of nitrogens with zero attached hydrogens (tertiary/aromatic N) is 2. The number of nitrogens with one attached hydrogen (secondary N) is 1. The van der Waals surface area contributed by atoms with Crippen LogP contribution >= 0.6 is 0 Å². The van der Waals surface area contributed by atoms with Gasteiger partial charge in [-0.2, -0.15) is 0 Å². The third-order valence-electron chi connectivity index (χ3n) is 7.24. The largest absolute Gasteiger partial charge is 0.356 e. The summed E-state index contributed by atoms with van der Waals surface area (Å²) < 4.78 is 2.41. The van der Waals surface area contributed by atoms with Crippen molar-refractivity contribution in [1.29, 1.82) is 0 Å². The summed E-state index contributed by atoms with van der Waals surface area (Å²) in [5, 5.41) is 3.17. The van der Waals surface area contributed by atoms with Crippen molar-refractivity contribution in [3.05, 3.63) is 64.5 Å². The molecule has 33 heavy (non-hydrogen) atoms. The Hall–Kier alpha value is -2.62. The molecule has 0 bridgehead atoms. The molecule has 1 N–H and O–H groups in total. The van der Waals surface area contributed by atoms with Crippen molar-refractivity contribution in [3.8, 4) is 0 Å². The first kappa shape index (κ1) is 23.5. The second kappa shape index (κ2) is 11.0. The number of aryl methyl sites for hydroxylation is 4. The summed E-state index contributed by atoms with van der Waals surface area (Å²) in [6.45, 7) is 8.27. The first-order chi connectivity index (χ1) is 16.0. The predicted molar refractivity (Wildman–Crippen MR) is 137 cm³/mol. The summed E-state index contributed by atoms with van der Waals surface area (Å²) in [5.41, 5.74) is 7.71. The molecule has 4 nitrogen and oxygen atoms in total. The van der Waals surface area contributed by atoms with Crippen LogP contribution in [0.3, 0.4) is 0 Å². The van der Waals surface area contributed by atoms with Crippen LogP contribution < -0.4 is 5.32 Å². The Balaban J connectivity index is 1.35. The van der Waals surface area contributed by atoms with Gasteiger partial charge >= 0.3 is 0 Å².